The van der Waals surface area contributed by atoms with Crippen molar-refractivity contribution in [3.63, 3.8) is 0 Å². The highest BCUT2D eigenvalue weighted by molar-refractivity contribution is 5.77. The van der Waals surface area contributed by atoms with E-state index in [1.165, 1.54) is 0 Å². The summed E-state index contributed by atoms with van der Waals surface area (Å²) >= 11 is 0. The van der Waals surface area contributed by atoms with Gasteiger partial charge in [-0.1, -0.05) is 20.8 Å². The summed E-state index contributed by atoms with van der Waals surface area (Å²) in [6, 6.07) is -0.634. The van der Waals surface area contributed by atoms with E-state index in [2.05, 4.69) is 5.32 Å². The van der Waals surface area contributed by atoms with Gasteiger partial charge in [0.2, 0.25) is 0 Å². The predicted octanol–water partition coefficient (Wildman–Crippen LogP) is 1.70. The van der Waals surface area contributed by atoms with Crippen LogP contribution in [0.4, 0.5) is 4.79 Å². The lowest BCUT2D eigenvalue weighted by atomic mass is 9.85. The first kappa shape index (κ1) is 16.8. The molecule has 20 heavy (non-hydrogen) atoms. The van der Waals surface area contributed by atoms with Crippen LogP contribution in [0.2, 0.25) is 0 Å². The molecule has 116 valence electrons. The zero-order valence-electron chi connectivity index (χ0n) is 13.0. The highest BCUT2D eigenvalue weighted by Crippen LogP contribution is 2.24. The number of hydrogen-bond donors (Lipinski definition) is 2. The smallest absolute Gasteiger partial charge is 0.318 e. The molecule has 0 aromatic carbocycles. The van der Waals surface area contributed by atoms with Crippen molar-refractivity contribution in [3.8, 4) is 0 Å². The molecular formula is C14H26N2O4. The van der Waals surface area contributed by atoms with Crippen molar-refractivity contribution in [2.24, 2.45) is 5.41 Å². The Morgan fingerprint density at radius 2 is 2.00 bits per heavy atom. The molecule has 1 rings (SSSR count). The second kappa shape index (κ2) is 5.99. The molecule has 0 saturated carbocycles. The summed E-state index contributed by atoms with van der Waals surface area (Å²) in [6.07, 6.45) is -0.0833. The van der Waals surface area contributed by atoms with Gasteiger partial charge in [-0.05, 0) is 19.3 Å². The summed E-state index contributed by atoms with van der Waals surface area (Å²) in [5.41, 5.74) is -0.696. The first-order valence-electron chi connectivity index (χ1n) is 6.92. The molecule has 6 heteroatoms. The number of ether oxygens (including phenoxy) is 1. The van der Waals surface area contributed by atoms with Crippen molar-refractivity contribution >= 4 is 12.0 Å². The quantitative estimate of drug-likeness (QED) is 0.827. The fraction of sp³-hybridized carbons (Fsp3) is 0.857. The number of amides is 2. The van der Waals surface area contributed by atoms with Gasteiger partial charge in [0.25, 0.3) is 0 Å². The molecule has 0 aromatic heterocycles. The molecule has 1 fully saturated rings. The third-order valence-corrected chi connectivity index (χ3v) is 3.61. The van der Waals surface area contributed by atoms with Crippen LogP contribution in [0.1, 0.15) is 41.0 Å². The van der Waals surface area contributed by atoms with E-state index in [1.54, 1.807) is 4.90 Å². The minimum atomic E-state index is -0.911. The molecule has 0 bridgehead atoms. The SMILES string of the molecule is CC(C)(C)C(CC(=O)O)NC(=O)N1CCOCC1(C)C. The van der Waals surface area contributed by atoms with Gasteiger partial charge in [0.1, 0.15) is 0 Å². The monoisotopic (exact) mass is 286 g/mol. The number of nitrogens with zero attached hydrogens (tertiary/aromatic N) is 1. The van der Waals surface area contributed by atoms with Crippen LogP contribution in [0.15, 0.2) is 0 Å². The number of urea groups is 1. The molecule has 1 heterocycles. The average Bonchev–Trinajstić information content (AvgIpc) is 2.25. The number of aliphatic carboxylic acids is 1. The Labute approximate surface area is 120 Å². The molecule has 1 unspecified atom stereocenters. The largest absolute Gasteiger partial charge is 0.481 e. The molecule has 2 N–H and O–H groups in total. The van der Waals surface area contributed by atoms with Crippen LogP contribution in [0.5, 0.6) is 0 Å². The second-order valence-corrected chi connectivity index (χ2v) is 6.98. The van der Waals surface area contributed by atoms with Gasteiger partial charge in [0.05, 0.1) is 25.2 Å². The molecule has 0 aliphatic carbocycles. The zero-order valence-corrected chi connectivity index (χ0v) is 13.0. The number of carboxylic acids is 1. The van der Waals surface area contributed by atoms with E-state index in [9.17, 15) is 9.59 Å². The Morgan fingerprint density at radius 3 is 2.45 bits per heavy atom. The van der Waals surface area contributed by atoms with Gasteiger partial charge < -0.3 is 20.1 Å². The minimum absolute atomic E-state index is 0.0833. The highest BCUT2D eigenvalue weighted by Gasteiger charge is 2.37. The van der Waals surface area contributed by atoms with E-state index < -0.39 is 12.0 Å². The average molecular weight is 286 g/mol. The normalized spacial score (nSPS) is 20.4. The van der Waals surface area contributed by atoms with Crippen LogP contribution in [0.3, 0.4) is 0 Å². The van der Waals surface area contributed by atoms with E-state index in [-0.39, 0.29) is 23.4 Å². The first-order valence-corrected chi connectivity index (χ1v) is 6.92. The van der Waals surface area contributed by atoms with E-state index in [4.69, 9.17) is 9.84 Å². The minimum Gasteiger partial charge on any atom is -0.481 e. The molecule has 1 saturated heterocycles. The number of carbonyl (C=O) groups is 2. The summed E-state index contributed by atoms with van der Waals surface area (Å²) in [7, 11) is 0. The fourth-order valence-electron chi connectivity index (χ4n) is 2.21. The molecule has 0 aromatic rings. The maximum absolute atomic E-state index is 12.4. The second-order valence-electron chi connectivity index (χ2n) is 6.98. The first-order chi connectivity index (χ1) is 9.04. The van der Waals surface area contributed by atoms with E-state index in [0.717, 1.165) is 0 Å². The van der Waals surface area contributed by atoms with Crippen molar-refractivity contribution < 1.29 is 19.4 Å². The third kappa shape index (κ3) is 4.37. The van der Waals surface area contributed by atoms with Crippen LogP contribution in [0.25, 0.3) is 0 Å². The van der Waals surface area contributed by atoms with Gasteiger partial charge in [-0.2, -0.15) is 0 Å². The molecule has 1 atom stereocenters. The number of carbonyl (C=O) groups excluding carboxylic acids is 1. The van der Waals surface area contributed by atoms with Crippen molar-refractivity contribution in [2.75, 3.05) is 19.8 Å². The highest BCUT2D eigenvalue weighted by atomic mass is 16.5. The molecular weight excluding hydrogens is 260 g/mol. The van der Waals surface area contributed by atoms with Crippen molar-refractivity contribution in [2.45, 2.75) is 52.6 Å². The molecule has 6 nitrogen and oxygen atoms in total. The fourth-order valence-corrected chi connectivity index (χ4v) is 2.21. The van der Waals surface area contributed by atoms with Crippen molar-refractivity contribution in [3.05, 3.63) is 0 Å². The third-order valence-electron chi connectivity index (χ3n) is 3.61. The Balaban J connectivity index is 2.77. The lowest BCUT2D eigenvalue weighted by Crippen LogP contribution is -2.60. The van der Waals surface area contributed by atoms with Gasteiger partial charge in [-0.15, -0.1) is 0 Å². The lowest BCUT2D eigenvalue weighted by Gasteiger charge is -2.43. The van der Waals surface area contributed by atoms with Crippen molar-refractivity contribution in [1.29, 1.82) is 0 Å². The van der Waals surface area contributed by atoms with Gasteiger partial charge in [-0.25, -0.2) is 4.79 Å². The lowest BCUT2D eigenvalue weighted by molar-refractivity contribution is -0.138. The summed E-state index contributed by atoms with van der Waals surface area (Å²) in [4.78, 5) is 25.1. The van der Waals surface area contributed by atoms with Crippen LogP contribution >= 0.6 is 0 Å². The summed E-state index contributed by atoms with van der Waals surface area (Å²) < 4.78 is 5.39. The molecule has 1 aliphatic rings. The van der Waals surface area contributed by atoms with Crippen LogP contribution in [-0.4, -0.2) is 53.3 Å². The van der Waals surface area contributed by atoms with E-state index >= 15 is 0 Å². The number of rotatable bonds is 3. The Morgan fingerprint density at radius 1 is 1.40 bits per heavy atom. The maximum Gasteiger partial charge on any atom is 0.318 e. The van der Waals surface area contributed by atoms with Crippen LogP contribution < -0.4 is 5.32 Å². The Kier molecular flexibility index (Phi) is 5.02. The zero-order chi connectivity index (χ0) is 15.6. The number of morpholine rings is 1. The predicted molar refractivity (Wildman–Crippen MR) is 75.6 cm³/mol. The number of hydrogen-bond acceptors (Lipinski definition) is 3. The van der Waals surface area contributed by atoms with Crippen LogP contribution in [-0.2, 0) is 9.53 Å². The molecule has 1 aliphatic heterocycles. The van der Waals surface area contributed by atoms with E-state index in [1.807, 2.05) is 34.6 Å². The molecule has 0 spiro atoms. The molecule has 0 radical (unpaired) electrons. The van der Waals surface area contributed by atoms with E-state index in [0.29, 0.717) is 19.8 Å². The summed E-state index contributed by atoms with van der Waals surface area (Å²) in [5.74, 6) is -0.911. The molecule has 2 amide bonds. The number of carboxylic acid groups (broad SMARTS) is 1. The summed E-state index contributed by atoms with van der Waals surface area (Å²) in [5, 5.41) is 11.9. The van der Waals surface area contributed by atoms with Gasteiger partial charge >= 0.3 is 12.0 Å². The Bertz CT molecular complexity index is 374. The summed E-state index contributed by atoms with van der Waals surface area (Å²) in [6.45, 7) is 11.2. The van der Waals surface area contributed by atoms with Crippen molar-refractivity contribution in [1.82, 2.24) is 10.2 Å². The standard InChI is InChI=1S/C14H26N2O4/c1-13(2,3)10(8-11(17)18)15-12(19)16-6-7-20-9-14(16,4)5/h10H,6-9H2,1-5H3,(H,15,19)(H,17,18). The van der Waals surface area contributed by atoms with Crippen LogP contribution in [0, 0.1) is 5.41 Å². The van der Waals surface area contributed by atoms with Gasteiger partial charge in [0, 0.05) is 12.6 Å². The van der Waals surface area contributed by atoms with Gasteiger partial charge in [-0.3, -0.25) is 4.79 Å². The Hall–Kier alpha value is -1.30. The number of nitrogens with one attached hydrogen (secondary N) is 1. The van der Waals surface area contributed by atoms with Gasteiger partial charge in [0.15, 0.2) is 0 Å². The maximum atomic E-state index is 12.4. The topological polar surface area (TPSA) is 78.9 Å².